The number of hydrogen-bond donors (Lipinski definition) is 3. The highest BCUT2D eigenvalue weighted by Crippen LogP contribution is 2.25. The maximum Gasteiger partial charge on any atom is 0.154 e. The number of likely N-dealkylation sites (tertiary alicyclic amines) is 1. The average molecular weight is 503 g/mol. The maximum atomic E-state index is 7.89. The first-order valence-electron chi connectivity index (χ1n) is 13.2. The molecule has 4 heterocycles. The predicted molar refractivity (Wildman–Crippen MR) is 149 cm³/mol. The van der Waals surface area contributed by atoms with Gasteiger partial charge in [-0.3, -0.25) is 9.88 Å². The van der Waals surface area contributed by atoms with Crippen LogP contribution in [0.3, 0.4) is 0 Å². The average Bonchev–Trinajstić information content (AvgIpc) is 2.87. The molecule has 3 aromatic heterocycles. The molecule has 0 aliphatic carbocycles. The number of pyridine rings is 2. The summed E-state index contributed by atoms with van der Waals surface area (Å²) in [5.74, 6) is 1.81. The number of anilines is 2. The van der Waals surface area contributed by atoms with Crippen molar-refractivity contribution in [1.82, 2.24) is 30.4 Å². The number of ether oxygens (including phenoxy) is 1. The third-order valence-electron chi connectivity index (χ3n) is 6.88. The lowest BCUT2D eigenvalue weighted by Crippen LogP contribution is -2.55. The molecule has 9 nitrogen and oxygen atoms in total. The van der Waals surface area contributed by atoms with Gasteiger partial charge in [0.2, 0.25) is 0 Å². The number of aromatic nitrogens is 4. The highest BCUT2D eigenvalue weighted by Gasteiger charge is 2.28. The van der Waals surface area contributed by atoms with E-state index in [1.165, 1.54) is 11.8 Å². The Morgan fingerprint density at radius 3 is 2.68 bits per heavy atom. The van der Waals surface area contributed by atoms with E-state index < -0.39 is 0 Å². The normalized spacial score (nSPS) is 14.8. The van der Waals surface area contributed by atoms with Crippen molar-refractivity contribution in [3.63, 3.8) is 0 Å². The van der Waals surface area contributed by atoms with E-state index in [0.717, 1.165) is 48.1 Å². The molecule has 0 aromatic carbocycles. The van der Waals surface area contributed by atoms with Gasteiger partial charge in [0, 0.05) is 55.4 Å². The van der Waals surface area contributed by atoms with Gasteiger partial charge >= 0.3 is 0 Å². The SMILES string of the molecule is CCC(CC)c1cnnc(Nc2ccc3ncc(/C(C=N)=C/NCCOC4CN(C(C)C)C4)cc3n2)c1. The lowest BCUT2D eigenvalue weighted by atomic mass is 9.96. The molecule has 0 atom stereocenters. The molecule has 37 heavy (non-hydrogen) atoms. The first-order chi connectivity index (χ1) is 18.0. The standard InChI is InChI=1S/C28H38N8O/c1-5-20(6-2)22-12-28(35-32-16-22)34-27-8-7-25-26(33-27)11-21(15-31-25)23(13-29)14-30-9-10-37-24-17-36(18-24)19(3)4/h7-8,11-16,19-20,24,29-30H,5-6,9-10,17-18H2,1-4H3,(H,33,34,35)/b23-14+,29-13?. The zero-order chi connectivity index (χ0) is 26.2. The van der Waals surface area contributed by atoms with Crippen LogP contribution in [0, 0.1) is 5.41 Å². The maximum absolute atomic E-state index is 7.89. The summed E-state index contributed by atoms with van der Waals surface area (Å²) in [5, 5.41) is 22.8. The van der Waals surface area contributed by atoms with Gasteiger partial charge < -0.3 is 20.8 Å². The Balaban J connectivity index is 1.38. The monoisotopic (exact) mass is 502 g/mol. The highest BCUT2D eigenvalue weighted by molar-refractivity contribution is 6.08. The summed E-state index contributed by atoms with van der Waals surface area (Å²) in [6.07, 6.45) is 9.21. The quantitative estimate of drug-likeness (QED) is 0.227. The van der Waals surface area contributed by atoms with Gasteiger partial charge in [-0.15, -0.1) is 5.10 Å². The Hall–Kier alpha value is -3.43. The van der Waals surface area contributed by atoms with E-state index in [2.05, 4.69) is 58.4 Å². The first-order valence-corrected chi connectivity index (χ1v) is 13.2. The minimum atomic E-state index is 0.321. The lowest BCUT2D eigenvalue weighted by Gasteiger charge is -2.41. The van der Waals surface area contributed by atoms with Crippen LogP contribution in [0.1, 0.15) is 57.6 Å². The fourth-order valence-electron chi connectivity index (χ4n) is 4.46. The van der Waals surface area contributed by atoms with E-state index in [4.69, 9.17) is 15.1 Å². The molecule has 1 aliphatic heterocycles. The molecule has 0 radical (unpaired) electrons. The molecule has 1 aliphatic rings. The summed E-state index contributed by atoms with van der Waals surface area (Å²) in [6, 6.07) is 8.38. The van der Waals surface area contributed by atoms with Gasteiger partial charge in [-0.05, 0) is 62.4 Å². The van der Waals surface area contributed by atoms with E-state index in [1.54, 1.807) is 6.20 Å². The summed E-state index contributed by atoms with van der Waals surface area (Å²) < 4.78 is 5.90. The van der Waals surface area contributed by atoms with Crippen LogP contribution in [-0.4, -0.2) is 69.7 Å². The van der Waals surface area contributed by atoms with Crippen molar-refractivity contribution >= 4 is 34.5 Å². The second-order valence-corrected chi connectivity index (χ2v) is 9.71. The number of nitrogens with one attached hydrogen (secondary N) is 3. The highest BCUT2D eigenvalue weighted by atomic mass is 16.5. The van der Waals surface area contributed by atoms with Crippen molar-refractivity contribution in [3.05, 3.63) is 54.0 Å². The molecule has 196 valence electrons. The molecule has 3 N–H and O–H groups in total. The molecule has 0 bridgehead atoms. The van der Waals surface area contributed by atoms with Gasteiger partial charge in [-0.1, -0.05) is 13.8 Å². The molecule has 0 saturated carbocycles. The van der Waals surface area contributed by atoms with E-state index in [-0.39, 0.29) is 0 Å². The largest absolute Gasteiger partial charge is 0.388 e. The van der Waals surface area contributed by atoms with E-state index in [0.29, 0.717) is 42.9 Å². The molecule has 3 aromatic rings. The van der Waals surface area contributed by atoms with Crippen LogP contribution in [0.4, 0.5) is 11.6 Å². The number of allylic oxidation sites excluding steroid dienone is 1. The molecular formula is C28H38N8O. The second-order valence-electron chi connectivity index (χ2n) is 9.71. The number of rotatable bonds is 13. The minimum absolute atomic E-state index is 0.321. The molecule has 1 saturated heterocycles. The molecule has 0 amide bonds. The summed E-state index contributed by atoms with van der Waals surface area (Å²) in [4.78, 5) is 11.7. The topological polar surface area (TPSA) is 112 Å². The van der Waals surface area contributed by atoms with Crippen LogP contribution in [0.15, 0.2) is 42.9 Å². The van der Waals surface area contributed by atoms with Gasteiger partial charge in [-0.25, -0.2) is 4.98 Å². The fourth-order valence-corrected chi connectivity index (χ4v) is 4.46. The summed E-state index contributed by atoms with van der Waals surface area (Å²) in [6.45, 7) is 12.1. The van der Waals surface area contributed by atoms with Crippen LogP contribution >= 0.6 is 0 Å². The Labute approximate surface area is 219 Å². The van der Waals surface area contributed by atoms with Gasteiger partial charge in [0.1, 0.15) is 5.82 Å². The van der Waals surface area contributed by atoms with Crippen LogP contribution in [0.5, 0.6) is 0 Å². The Morgan fingerprint density at radius 2 is 1.95 bits per heavy atom. The first kappa shape index (κ1) is 26.6. The molecule has 1 fully saturated rings. The molecular weight excluding hydrogens is 464 g/mol. The van der Waals surface area contributed by atoms with Gasteiger partial charge in [0.15, 0.2) is 5.82 Å². The van der Waals surface area contributed by atoms with Gasteiger partial charge in [-0.2, -0.15) is 5.10 Å². The van der Waals surface area contributed by atoms with E-state index in [1.807, 2.05) is 36.7 Å². The Bertz CT molecular complexity index is 1220. The zero-order valence-corrected chi connectivity index (χ0v) is 22.2. The van der Waals surface area contributed by atoms with Crippen molar-refractivity contribution in [3.8, 4) is 0 Å². The van der Waals surface area contributed by atoms with Crippen molar-refractivity contribution < 1.29 is 4.74 Å². The Kier molecular flexibility index (Phi) is 9.14. The van der Waals surface area contributed by atoms with Crippen LogP contribution < -0.4 is 10.6 Å². The lowest BCUT2D eigenvalue weighted by molar-refractivity contribution is -0.0645. The van der Waals surface area contributed by atoms with Crippen molar-refractivity contribution in [2.24, 2.45) is 0 Å². The predicted octanol–water partition coefficient (Wildman–Crippen LogP) is 4.76. The summed E-state index contributed by atoms with van der Waals surface area (Å²) in [7, 11) is 0. The summed E-state index contributed by atoms with van der Waals surface area (Å²) >= 11 is 0. The smallest absolute Gasteiger partial charge is 0.154 e. The number of nitrogens with zero attached hydrogens (tertiary/aromatic N) is 5. The van der Waals surface area contributed by atoms with Gasteiger partial charge in [0.25, 0.3) is 0 Å². The van der Waals surface area contributed by atoms with Crippen molar-refractivity contribution in [2.75, 3.05) is 31.6 Å². The zero-order valence-electron chi connectivity index (χ0n) is 22.2. The number of fused-ring (bicyclic) bond motifs is 1. The van der Waals surface area contributed by atoms with E-state index in [9.17, 15) is 0 Å². The third-order valence-corrected chi connectivity index (χ3v) is 6.88. The molecule has 9 heteroatoms. The van der Waals surface area contributed by atoms with Crippen LogP contribution in [0.25, 0.3) is 16.6 Å². The number of hydrogen-bond acceptors (Lipinski definition) is 9. The van der Waals surface area contributed by atoms with Crippen molar-refractivity contribution in [1.29, 1.82) is 5.41 Å². The van der Waals surface area contributed by atoms with Crippen molar-refractivity contribution in [2.45, 2.75) is 58.6 Å². The molecule has 0 spiro atoms. The van der Waals surface area contributed by atoms with Gasteiger partial charge in [0.05, 0.1) is 29.9 Å². The van der Waals surface area contributed by atoms with E-state index >= 15 is 0 Å². The fraction of sp³-hybridized carbons (Fsp3) is 0.464. The van der Waals surface area contributed by atoms with Crippen LogP contribution in [0.2, 0.25) is 0 Å². The third kappa shape index (κ3) is 6.87. The Morgan fingerprint density at radius 1 is 1.14 bits per heavy atom. The molecule has 4 rings (SSSR count). The minimum Gasteiger partial charge on any atom is -0.388 e. The second kappa shape index (κ2) is 12.7. The van der Waals surface area contributed by atoms with Crippen LogP contribution in [-0.2, 0) is 4.74 Å². The summed E-state index contributed by atoms with van der Waals surface area (Å²) in [5.41, 5.74) is 4.25. The molecule has 0 unspecified atom stereocenters.